The first kappa shape index (κ1) is 24.9. The molecule has 0 aliphatic carbocycles. The summed E-state index contributed by atoms with van der Waals surface area (Å²) in [6.45, 7) is 10.8. The van der Waals surface area contributed by atoms with E-state index in [9.17, 15) is 13.2 Å². The van der Waals surface area contributed by atoms with Gasteiger partial charge in [-0.3, -0.25) is 4.79 Å². The molecule has 28 heavy (non-hydrogen) atoms. The van der Waals surface area contributed by atoms with Gasteiger partial charge in [-0.15, -0.1) is 12.4 Å². The third kappa shape index (κ3) is 5.47. The van der Waals surface area contributed by atoms with E-state index >= 15 is 0 Å². The number of piperidine rings is 1. The number of halogens is 1. The van der Waals surface area contributed by atoms with Crippen molar-refractivity contribution in [3.05, 3.63) is 29.3 Å². The van der Waals surface area contributed by atoms with Crippen LogP contribution in [-0.2, 0) is 10.0 Å². The minimum atomic E-state index is -3.60. The lowest BCUT2D eigenvalue weighted by atomic mass is 10.0. The molecule has 0 bridgehead atoms. The minimum absolute atomic E-state index is 0. The molecule has 6 nitrogen and oxygen atoms in total. The van der Waals surface area contributed by atoms with Crippen molar-refractivity contribution in [2.45, 2.75) is 57.9 Å². The van der Waals surface area contributed by atoms with Gasteiger partial charge in [0.2, 0.25) is 10.0 Å². The maximum absolute atomic E-state index is 13.2. The Morgan fingerprint density at radius 1 is 1.14 bits per heavy atom. The van der Waals surface area contributed by atoms with Gasteiger partial charge in [-0.05, 0) is 57.0 Å². The summed E-state index contributed by atoms with van der Waals surface area (Å²) >= 11 is 0. The molecule has 0 radical (unpaired) electrons. The molecular formula is C20H34ClN3O3S. The van der Waals surface area contributed by atoms with E-state index in [4.69, 9.17) is 0 Å². The van der Waals surface area contributed by atoms with Gasteiger partial charge in [0.1, 0.15) is 0 Å². The van der Waals surface area contributed by atoms with Crippen LogP contribution in [0.4, 0.5) is 0 Å². The van der Waals surface area contributed by atoms with Gasteiger partial charge in [0.15, 0.2) is 0 Å². The lowest BCUT2D eigenvalue weighted by Gasteiger charge is -2.34. The summed E-state index contributed by atoms with van der Waals surface area (Å²) in [6.07, 6.45) is 2.75. The Hall–Kier alpha value is -1.15. The Kier molecular flexibility index (Phi) is 9.90. The monoisotopic (exact) mass is 431 g/mol. The summed E-state index contributed by atoms with van der Waals surface area (Å²) < 4.78 is 27.4. The van der Waals surface area contributed by atoms with Crippen molar-refractivity contribution in [2.75, 3.05) is 32.7 Å². The Morgan fingerprint density at radius 2 is 1.75 bits per heavy atom. The standard InChI is InChI=1S/C20H33N3O3S.ClH/c1-5-14-23(18-10-12-21-13-11-18)20(24)17-9-8-16(4)19(15-17)27(25,26)22(6-2)7-3;/h8-9,15,18,21H,5-7,10-14H2,1-4H3;1H. The molecule has 1 amide bonds. The van der Waals surface area contributed by atoms with Crippen molar-refractivity contribution >= 4 is 28.3 Å². The van der Waals surface area contributed by atoms with E-state index in [0.717, 1.165) is 32.4 Å². The maximum Gasteiger partial charge on any atom is 0.254 e. The normalized spacial score (nSPS) is 15.3. The summed E-state index contributed by atoms with van der Waals surface area (Å²) in [5.74, 6) is -0.0697. The lowest BCUT2D eigenvalue weighted by molar-refractivity contribution is 0.0642. The van der Waals surface area contributed by atoms with Crippen LogP contribution in [0.1, 0.15) is 56.0 Å². The molecule has 0 saturated carbocycles. The van der Waals surface area contributed by atoms with Gasteiger partial charge in [0, 0.05) is 31.2 Å². The maximum atomic E-state index is 13.2. The van der Waals surface area contributed by atoms with Crippen LogP contribution in [0, 0.1) is 6.92 Å². The van der Waals surface area contributed by atoms with Crippen LogP contribution in [0.15, 0.2) is 23.1 Å². The van der Waals surface area contributed by atoms with Crippen molar-refractivity contribution < 1.29 is 13.2 Å². The first-order chi connectivity index (χ1) is 12.9. The highest BCUT2D eigenvalue weighted by Crippen LogP contribution is 2.23. The molecule has 1 aromatic carbocycles. The number of amides is 1. The van der Waals surface area contributed by atoms with Gasteiger partial charge in [-0.25, -0.2) is 8.42 Å². The number of carbonyl (C=O) groups is 1. The van der Waals surface area contributed by atoms with Crippen LogP contribution in [0.3, 0.4) is 0 Å². The zero-order valence-corrected chi connectivity index (χ0v) is 19.0. The van der Waals surface area contributed by atoms with Gasteiger partial charge in [-0.2, -0.15) is 4.31 Å². The average Bonchev–Trinajstić information content (AvgIpc) is 2.67. The fourth-order valence-electron chi connectivity index (χ4n) is 3.69. The van der Waals surface area contributed by atoms with Crippen LogP contribution >= 0.6 is 12.4 Å². The van der Waals surface area contributed by atoms with E-state index in [-0.39, 0.29) is 29.3 Å². The molecule has 0 unspecified atom stereocenters. The van der Waals surface area contributed by atoms with Crippen LogP contribution in [0.25, 0.3) is 0 Å². The highest BCUT2D eigenvalue weighted by atomic mass is 35.5. The molecule has 0 spiro atoms. The van der Waals surface area contributed by atoms with E-state index in [1.165, 1.54) is 4.31 Å². The van der Waals surface area contributed by atoms with Crippen LogP contribution in [-0.4, -0.2) is 62.3 Å². The molecule has 1 saturated heterocycles. The second-order valence-corrected chi connectivity index (χ2v) is 8.96. The summed E-state index contributed by atoms with van der Waals surface area (Å²) in [4.78, 5) is 15.4. The zero-order valence-electron chi connectivity index (χ0n) is 17.4. The van der Waals surface area contributed by atoms with Crippen LogP contribution in [0.2, 0.25) is 0 Å². The molecule has 2 rings (SSSR count). The first-order valence-corrected chi connectivity index (χ1v) is 11.4. The predicted molar refractivity (Wildman–Crippen MR) is 116 cm³/mol. The Balaban J connectivity index is 0.00000392. The second kappa shape index (κ2) is 11.1. The number of carbonyl (C=O) groups excluding carboxylic acids is 1. The summed E-state index contributed by atoms with van der Waals surface area (Å²) in [5, 5.41) is 3.33. The number of benzene rings is 1. The average molecular weight is 432 g/mol. The van der Waals surface area contributed by atoms with Gasteiger partial charge in [0.25, 0.3) is 5.91 Å². The van der Waals surface area contributed by atoms with E-state index < -0.39 is 10.0 Å². The molecule has 1 aliphatic heterocycles. The Morgan fingerprint density at radius 3 is 2.29 bits per heavy atom. The van der Waals surface area contributed by atoms with Crippen LogP contribution < -0.4 is 5.32 Å². The third-order valence-corrected chi connectivity index (χ3v) is 7.43. The van der Waals surface area contributed by atoms with E-state index in [0.29, 0.717) is 30.8 Å². The fourth-order valence-corrected chi connectivity index (χ4v) is 5.40. The fraction of sp³-hybridized carbons (Fsp3) is 0.650. The predicted octanol–water partition coefficient (Wildman–Crippen LogP) is 3.05. The summed E-state index contributed by atoms with van der Waals surface area (Å²) in [6, 6.07) is 5.27. The lowest BCUT2D eigenvalue weighted by Crippen LogP contribution is -2.46. The quantitative estimate of drug-likeness (QED) is 0.686. The molecule has 0 atom stereocenters. The SMILES string of the molecule is CCCN(C(=O)c1ccc(C)c(S(=O)(=O)N(CC)CC)c1)C1CCNCC1.Cl. The van der Waals surface area contributed by atoms with Gasteiger partial charge in [0.05, 0.1) is 4.90 Å². The molecule has 0 aromatic heterocycles. The zero-order chi connectivity index (χ0) is 20.0. The molecule has 1 heterocycles. The van der Waals surface area contributed by atoms with Crippen molar-refractivity contribution in [1.29, 1.82) is 0 Å². The largest absolute Gasteiger partial charge is 0.336 e. The number of aryl methyl sites for hydroxylation is 1. The molecule has 8 heteroatoms. The third-order valence-electron chi connectivity index (χ3n) is 5.23. The smallest absolute Gasteiger partial charge is 0.254 e. The van der Waals surface area contributed by atoms with Crippen molar-refractivity contribution in [2.24, 2.45) is 0 Å². The number of hydrogen-bond donors (Lipinski definition) is 1. The summed E-state index contributed by atoms with van der Waals surface area (Å²) in [7, 11) is -3.60. The molecule has 1 aliphatic rings. The molecule has 1 fully saturated rings. The molecular weight excluding hydrogens is 398 g/mol. The minimum Gasteiger partial charge on any atom is -0.336 e. The van der Waals surface area contributed by atoms with Crippen LogP contribution in [0.5, 0.6) is 0 Å². The number of hydrogen-bond acceptors (Lipinski definition) is 4. The number of nitrogens with one attached hydrogen (secondary N) is 1. The first-order valence-electron chi connectivity index (χ1n) is 9.99. The van der Waals surface area contributed by atoms with Gasteiger partial charge in [-0.1, -0.05) is 26.8 Å². The van der Waals surface area contributed by atoms with Crippen molar-refractivity contribution in [3.8, 4) is 0 Å². The highest BCUT2D eigenvalue weighted by molar-refractivity contribution is 7.89. The molecule has 160 valence electrons. The van der Waals surface area contributed by atoms with E-state index in [1.807, 2.05) is 18.7 Å². The Bertz CT molecular complexity index is 745. The number of sulfonamides is 1. The topological polar surface area (TPSA) is 69.7 Å². The molecule has 1 N–H and O–H groups in total. The van der Waals surface area contributed by atoms with Crippen molar-refractivity contribution in [1.82, 2.24) is 14.5 Å². The molecule has 1 aromatic rings. The Labute approximate surface area is 176 Å². The van der Waals surface area contributed by atoms with Gasteiger partial charge >= 0.3 is 0 Å². The highest BCUT2D eigenvalue weighted by Gasteiger charge is 2.28. The van der Waals surface area contributed by atoms with E-state index in [2.05, 4.69) is 12.2 Å². The van der Waals surface area contributed by atoms with E-state index in [1.54, 1.807) is 25.1 Å². The second-order valence-electron chi connectivity index (χ2n) is 7.05. The van der Waals surface area contributed by atoms with Crippen molar-refractivity contribution in [3.63, 3.8) is 0 Å². The number of rotatable bonds is 8. The van der Waals surface area contributed by atoms with Gasteiger partial charge < -0.3 is 10.2 Å². The summed E-state index contributed by atoms with van der Waals surface area (Å²) in [5.41, 5.74) is 1.13. The number of nitrogens with zero attached hydrogens (tertiary/aromatic N) is 2.